The molecule has 0 radical (unpaired) electrons. The topological polar surface area (TPSA) is 45.6 Å². The molecule has 2 aromatic rings. The van der Waals surface area contributed by atoms with Crippen molar-refractivity contribution in [1.82, 2.24) is 9.99 Å². The standard InChI is InChI=1S/C17H17N3O/c1-12-10-16(19-20(2)17(12)21)14-7-5-13(6-8-14)15-4-3-9-18-11-15/h3-9,11-12H,10H2,1-2H3. The average molecular weight is 279 g/mol. The highest BCUT2D eigenvalue weighted by molar-refractivity contribution is 6.04. The molecule has 1 aliphatic heterocycles. The van der Waals surface area contributed by atoms with Crippen LogP contribution < -0.4 is 0 Å². The van der Waals surface area contributed by atoms with Gasteiger partial charge in [-0.3, -0.25) is 9.78 Å². The summed E-state index contributed by atoms with van der Waals surface area (Å²) >= 11 is 0. The molecule has 1 aromatic carbocycles. The van der Waals surface area contributed by atoms with Crippen molar-refractivity contribution in [3.05, 3.63) is 54.4 Å². The van der Waals surface area contributed by atoms with E-state index in [0.29, 0.717) is 6.42 Å². The zero-order valence-electron chi connectivity index (χ0n) is 12.2. The molecule has 4 nitrogen and oxygen atoms in total. The number of nitrogens with zero attached hydrogens (tertiary/aromatic N) is 3. The summed E-state index contributed by atoms with van der Waals surface area (Å²) in [6, 6.07) is 12.2. The Morgan fingerprint density at radius 1 is 1.10 bits per heavy atom. The summed E-state index contributed by atoms with van der Waals surface area (Å²) in [6.07, 6.45) is 4.31. The fraction of sp³-hybridized carbons (Fsp3) is 0.235. The maximum absolute atomic E-state index is 11.8. The second-order valence-corrected chi connectivity index (χ2v) is 5.33. The Balaban J connectivity index is 1.88. The van der Waals surface area contributed by atoms with Gasteiger partial charge < -0.3 is 0 Å². The lowest BCUT2D eigenvalue weighted by Crippen LogP contribution is -2.34. The molecule has 1 aromatic heterocycles. The van der Waals surface area contributed by atoms with Crippen LogP contribution in [0.25, 0.3) is 11.1 Å². The number of carbonyl (C=O) groups is 1. The van der Waals surface area contributed by atoms with Gasteiger partial charge >= 0.3 is 0 Å². The molecule has 3 rings (SSSR count). The fourth-order valence-electron chi connectivity index (χ4n) is 2.53. The van der Waals surface area contributed by atoms with Gasteiger partial charge in [-0.05, 0) is 22.8 Å². The number of carbonyl (C=O) groups excluding carboxylic acids is 1. The summed E-state index contributed by atoms with van der Waals surface area (Å²) in [7, 11) is 1.71. The van der Waals surface area contributed by atoms with E-state index in [1.165, 1.54) is 5.01 Å². The summed E-state index contributed by atoms with van der Waals surface area (Å²) in [5.74, 6) is 0.0613. The zero-order valence-corrected chi connectivity index (χ0v) is 12.2. The number of amides is 1. The molecule has 2 heterocycles. The first-order valence-electron chi connectivity index (χ1n) is 7.01. The molecule has 0 aliphatic carbocycles. The second-order valence-electron chi connectivity index (χ2n) is 5.33. The Hall–Kier alpha value is -2.49. The largest absolute Gasteiger partial charge is 0.273 e. The number of benzene rings is 1. The predicted molar refractivity (Wildman–Crippen MR) is 82.8 cm³/mol. The molecule has 0 N–H and O–H groups in total. The van der Waals surface area contributed by atoms with E-state index in [0.717, 1.165) is 22.4 Å². The number of aromatic nitrogens is 1. The Morgan fingerprint density at radius 3 is 2.43 bits per heavy atom. The van der Waals surface area contributed by atoms with E-state index in [9.17, 15) is 4.79 Å². The molecule has 1 atom stereocenters. The van der Waals surface area contributed by atoms with E-state index in [-0.39, 0.29) is 11.8 Å². The molecule has 0 saturated heterocycles. The van der Waals surface area contributed by atoms with Crippen LogP contribution in [0.3, 0.4) is 0 Å². The van der Waals surface area contributed by atoms with Gasteiger partial charge in [0.1, 0.15) is 0 Å². The molecule has 0 fully saturated rings. The number of hydrogen-bond acceptors (Lipinski definition) is 3. The molecule has 0 spiro atoms. The summed E-state index contributed by atoms with van der Waals surface area (Å²) in [6.45, 7) is 1.94. The highest BCUT2D eigenvalue weighted by atomic mass is 16.2. The Morgan fingerprint density at radius 2 is 1.81 bits per heavy atom. The van der Waals surface area contributed by atoms with Gasteiger partial charge in [-0.25, -0.2) is 5.01 Å². The van der Waals surface area contributed by atoms with Crippen molar-refractivity contribution in [3.63, 3.8) is 0 Å². The zero-order chi connectivity index (χ0) is 14.8. The van der Waals surface area contributed by atoms with E-state index in [1.807, 2.05) is 25.3 Å². The SMILES string of the molecule is CC1CC(c2ccc(-c3cccnc3)cc2)=NN(C)C1=O. The third kappa shape index (κ3) is 2.70. The van der Waals surface area contributed by atoms with Crippen molar-refractivity contribution >= 4 is 11.6 Å². The summed E-state index contributed by atoms with van der Waals surface area (Å²) in [5, 5.41) is 5.82. The first kappa shape index (κ1) is 13.5. The predicted octanol–water partition coefficient (Wildman–Crippen LogP) is 2.95. The average Bonchev–Trinajstić information content (AvgIpc) is 2.53. The Kier molecular flexibility index (Phi) is 3.52. The quantitative estimate of drug-likeness (QED) is 0.848. The number of rotatable bonds is 2. The van der Waals surface area contributed by atoms with E-state index in [4.69, 9.17) is 0 Å². The molecule has 0 bridgehead atoms. The van der Waals surface area contributed by atoms with Crippen LogP contribution in [0.15, 0.2) is 53.9 Å². The van der Waals surface area contributed by atoms with E-state index < -0.39 is 0 Å². The van der Waals surface area contributed by atoms with Crippen LogP contribution in [0, 0.1) is 5.92 Å². The van der Waals surface area contributed by atoms with Crippen molar-refractivity contribution in [2.24, 2.45) is 11.0 Å². The minimum atomic E-state index is -0.0134. The number of hydrazone groups is 1. The molecule has 0 saturated carbocycles. The molecule has 4 heteroatoms. The minimum Gasteiger partial charge on any atom is -0.273 e. The lowest BCUT2D eigenvalue weighted by atomic mass is 9.95. The van der Waals surface area contributed by atoms with E-state index in [2.05, 4.69) is 34.4 Å². The van der Waals surface area contributed by atoms with E-state index >= 15 is 0 Å². The van der Waals surface area contributed by atoms with Crippen LogP contribution in [0.5, 0.6) is 0 Å². The Labute approximate surface area is 124 Å². The van der Waals surface area contributed by atoms with Crippen LogP contribution in [0.4, 0.5) is 0 Å². The molecular formula is C17H17N3O. The van der Waals surface area contributed by atoms with Gasteiger partial charge in [-0.1, -0.05) is 37.3 Å². The van der Waals surface area contributed by atoms with Crippen LogP contribution in [-0.2, 0) is 4.79 Å². The summed E-state index contributed by atoms with van der Waals surface area (Å²) < 4.78 is 0. The van der Waals surface area contributed by atoms with Crippen LogP contribution in [0.1, 0.15) is 18.9 Å². The highest BCUT2D eigenvalue weighted by Crippen LogP contribution is 2.22. The van der Waals surface area contributed by atoms with Gasteiger partial charge in [0, 0.05) is 31.8 Å². The molecule has 1 aliphatic rings. The number of pyridine rings is 1. The third-order valence-corrected chi connectivity index (χ3v) is 3.72. The highest BCUT2D eigenvalue weighted by Gasteiger charge is 2.25. The van der Waals surface area contributed by atoms with Gasteiger partial charge in [0.25, 0.3) is 0 Å². The monoisotopic (exact) mass is 279 g/mol. The molecule has 21 heavy (non-hydrogen) atoms. The first-order valence-corrected chi connectivity index (χ1v) is 7.01. The maximum Gasteiger partial charge on any atom is 0.245 e. The van der Waals surface area contributed by atoms with Gasteiger partial charge in [0.15, 0.2) is 0 Å². The lowest BCUT2D eigenvalue weighted by molar-refractivity contribution is -0.134. The molecular weight excluding hydrogens is 262 g/mol. The maximum atomic E-state index is 11.8. The normalized spacial score (nSPS) is 18.6. The number of hydrogen-bond donors (Lipinski definition) is 0. The van der Waals surface area contributed by atoms with E-state index in [1.54, 1.807) is 13.2 Å². The van der Waals surface area contributed by atoms with Crippen LogP contribution in [-0.4, -0.2) is 28.7 Å². The van der Waals surface area contributed by atoms with Crippen molar-refractivity contribution in [3.8, 4) is 11.1 Å². The van der Waals surface area contributed by atoms with Crippen LogP contribution in [0.2, 0.25) is 0 Å². The molecule has 1 amide bonds. The molecule has 106 valence electrons. The van der Waals surface area contributed by atoms with Gasteiger partial charge in [0.05, 0.1) is 5.71 Å². The van der Waals surface area contributed by atoms with Crippen molar-refractivity contribution in [1.29, 1.82) is 0 Å². The van der Waals surface area contributed by atoms with Crippen molar-refractivity contribution < 1.29 is 4.79 Å². The fourth-order valence-corrected chi connectivity index (χ4v) is 2.53. The summed E-state index contributed by atoms with van der Waals surface area (Å²) in [4.78, 5) is 15.9. The Bertz CT molecular complexity index is 677. The van der Waals surface area contributed by atoms with Gasteiger partial charge in [-0.2, -0.15) is 5.10 Å². The van der Waals surface area contributed by atoms with Crippen molar-refractivity contribution in [2.45, 2.75) is 13.3 Å². The lowest BCUT2D eigenvalue weighted by Gasteiger charge is -2.24. The van der Waals surface area contributed by atoms with Gasteiger partial charge in [-0.15, -0.1) is 0 Å². The third-order valence-electron chi connectivity index (χ3n) is 3.72. The minimum absolute atomic E-state index is 0.0134. The smallest absolute Gasteiger partial charge is 0.245 e. The summed E-state index contributed by atoms with van der Waals surface area (Å²) in [5.41, 5.74) is 4.24. The van der Waals surface area contributed by atoms with Crippen molar-refractivity contribution in [2.75, 3.05) is 7.05 Å². The first-order chi connectivity index (χ1) is 10.1. The second kappa shape index (κ2) is 5.48. The van der Waals surface area contributed by atoms with Crippen LogP contribution >= 0.6 is 0 Å². The molecule has 1 unspecified atom stereocenters. The van der Waals surface area contributed by atoms with Gasteiger partial charge in [0.2, 0.25) is 5.91 Å².